The molecule has 1 saturated heterocycles. The van der Waals surface area contributed by atoms with Gasteiger partial charge in [0.1, 0.15) is 0 Å². The molecule has 1 fully saturated rings. The van der Waals surface area contributed by atoms with Crippen LogP contribution in [0.1, 0.15) is 6.42 Å². The van der Waals surface area contributed by atoms with Crippen LogP contribution in [-0.2, 0) is 16.1 Å². The van der Waals surface area contributed by atoms with Crippen molar-refractivity contribution in [2.75, 3.05) is 40.0 Å². The zero-order valence-electron chi connectivity index (χ0n) is 13.2. The second-order valence-electron chi connectivity index (χ2n) is 5.61. The molecule has 124 valence electrons. The van der Waals surface area contributed by atoms with Gasteiger partial charge >= 0.3 is 5.69 Å². The lowest BCUT2D eigenvalue weighted by Gasteiger charge is -2.26. The highest BCUT2D eigenvalue weighted by Crippen LogP contribution is 2.31. The Hall–Kier alpha value is -1.63. The average Bonchev–Trinajstić information content (AvgIpc) is 2.97. The number of hydrogen-bond acceptors (Lipinski definition) is 4. The molecule has 0 aliphatic carbocycles. The molecular weight excluding hydrogens is 318 g/mol. The number of aromatic nitrogens is 1. The monoisotopic (exact) mass is 338 g/mol. The number of rotatable bonds is 6. The minimum absolute atomic E-state index is 0.432. The Labute approximate surface area is 140 Å². The molecule has 6 nitrogen and oxygen atoms in total. The maximum atomic E-state index is 11.8. The van der Waals surface area contributed by atoms with Crippen molar-refractivity contribution < 1.29 is 14.5 Å². The summed E-state index contributed by atoms with van der Waals surface area (Å²) in [5.74, 6) is 0. The molecule has 3 rings (SSSR count). The molecule has 1 aromatic heterocycles. The van der Waals surface area contributed by atoms with Crippen LogP contribution in [0, 0.1) is 4.91 Å². The van der Waals surface area contributed by atoms with E-state index in [4.69, 9.17) is 21.2 Å². The third-order valence-electron chi connectivity index (χ3n) is 4.17. The van der Waals surface area contributed by atoms with E-state index in [1.807, 2.05) is 18.3 Å². The van der Waals surface area contributed by atoms with Gasteiger partial charge in [0, 0.05) is 43.5 Å². The predicted molar refractivity (Wildman–Crippen MR) is 89.1 cm³/mol. The fraction of sp³-hybridized carbons (Fsp3) is 0.500. The molecule has 0 spiro atoms. The van der Waals surface area contributed by atoms with Crippen molar-refractivity contribution in [1.29, 1.82) is 0 Å². The second-order valence-corrected chi connectivity index (χ2v) is 6.05. The molecule has 1 aliphatic heterocycles. The Balaban J connectivity index is 1.73. The van der Waals surface area contributed by atoms with Crippen molar-refractivity contribution in [3.8, 4) is 0 Å². The lowest BCUT2D eigenvalue weighted by molar-refractivity contribution is -0.735. The first-order valence-electron chi connectivity index (χ1n) is 7.79. The minimum Gasteiger partial charge on any atom is -0.379 e. The number of ether oxygens (including phenoxy) is 1. The van der Waals surface area contributed by atoms with E-state index >= 15 is 0 Å². The van der Waals surface area contributed by atoms with E-state index in [0.717, 1.165) is 56.7 Å². The van der Waals surface area contributed by atoms with Gasteiger partial charge in [0.2, 0.25) is 0 Å². The smallest absolute Gasteiger partial charge is 0.327 e. The van der Waals surface area contributed by atoms with E-state index in [2.05, 4.69) is 9.47 Å². The van der Waals surface area contributed by atoms with Crippen molar-refractivity contribution in [3.63, 3.8) is 0 Å². The number of fused-ring (bicyclic) bond motifs is 1. The molecule has 2 heterocycles. The molecule has 0 saturated carbocycles. The summed E-state index contributed by atoms with van der Waals surface area (Å²) < 4.78 is 7.49. The molecule has 0 unspecified atom stereocenters. The van der Waals surface area contributed by atoms with Crippen molar-refractivity contribution >= 4 is 28.2 Å². The van der Waals surface area contributed by atoms with Gasteiger partial charge in [0.05, 0.1) is 29.0 Å². The highest BCUT2D eigenvalue weighted by molar-refractivity contribution is 6.31. The zero-order chi connectivity index (χ0) is 16.2. The maximum Gasteiger partial charge on any atom is 0.327 e. The predicted octanol–water partition coefficient (Wildman–Crippen LogP) is 2.99. The fourth-order valence-electron chi connectivity index (χ4n) is 2.98. The molecule has 1 aromatic carbocycles. The van der Waals surface area contributed by atoms with Crippen LogP contribution in [0.5, 0.6) is 0 Å². The first-order valence-corrected chi connectivity index (χ1v) is 8.16. The quantitative estimate of drug-likeness (QED) is 0.760. The van der Waals surface area contributed by atoms with Gasteiger partial charge in [0.15, 0.2) is 7.11 Å². The van der Waals surface area contributed by atoms with E-state index < -0.39 is 0 Å². The second kappa shape index (κ2) is 7.29. The molecule has 0 radical (unpaired) electrons. The average molecular weight is 339 g/mol. The number of nitrogens with zero attached hydrogens (tertiary/aromatic N) is 3. The maximum absolute atomic E-state index is 11.8. The SMILES string of the molecule is CO[N+](=O)c1cc(Cl)cc2c1ccn2CCCN1CCOCC1. The Kier molecular flexibility index (Phi) is 5.15. The first-order chi connectivity index (χ1) is 11.2. The number of morpholine rings is 1. The summed E-state index contributed by atoms with van der Waals surface area (Å²) in [6, 6.07) is 5.44. The van der Waals surface area contributed by atoms with Gasteiger partial charge in [0.25, 0.3) is 4.92 Å². The van der Waals surface area contributed by atoms with Gasteiger partial charge < -0.3 is 9.30 Å². The zero-order valence-corrected chi connectivity index (χ0v) is 14.0. The molecule has 23 heavy (non-hydrogen) atoms. The van der Waals surface area contributed by atoms with E-state index in [-0.39, 0.29) is 0 Å². The highest BCUT2D eigenvalue weighted by Gasteiger charge is 2.22. The Morgan fingerprint density at radius 3 is 2.83 bits per heavy atom. The Morgan fingerprint density at radius 1 is 1.30 bits per heavy atom. The van der Waals surface area contributed by atoms with Crippen LogP contribution in [-0.4, -0.2) is 54.3 Å². The summed E-state index contributed by atoms with van der Waals surface area (Å²) in [5, 5.41) is 1.37. The van der Waals surface area contributed by atoms with Gasteiger partial charge in [-0.1, -0.05) is 11.6 Å². The molecule has 0 bridgehead atoms. The normalized spacial score (nSPS) is 15.9. The van der Waals surface area contributed by atoms with Crippen LogP contribution in [0.3, 0.4) is 0 Å². The standard InChI is InChI=1S/C16H21ClN3O3/c1-22-20(21)16-12-13(17)11-15-14(16)3-6-19(15)5-2-4-18-7-9-23-10-8-18/h3,6,11-12H,2,4-5,7-10H2,1H3/q+1. The summed E-state index contributed by atoms with van der Waals surface area (Å²) in [5.41, 5.74) is 1.38. The van der Waals surface area contributed by atoms with E-state index in [1.165, 1.54) is 7.11 Å². The van der Waals surface area contributed by atoms with Crippen LogP contribution in [0.25, 0.3) is 10.9 Å². The van der Waals surface area contributed by atoms with Gasteiger partial charge in [-0.15, -0.1) is 0 Å². The van der Waals surface area contributed by atoms with Crippen LogP contribution in [0.15, 0.2) is 24.4 Å². The topological polar surface area (TPSA) is 46.7 Å². The molecule has 2 aromatic rings. The van der Waals surface area contributed by atoms with Gasteiger partial charge in [-0.3, -0.25) is 4.90 Å². The summed E-state index contributed by atoms with van der Waals surface area (Å²) in [7, 11) is 1.35. The van der Waals surface area contributed by atoms with Gasteiger partial charge in [-0.2, -0.15) is 0 Å². The van der Waals surface area contributed by atoms with Crippen LogP contribution in [0.2, 0.25) is 5.02 Å². The van der Waals surface area contributed by atoms with Gasteiger partial charge in [-0.25, -0.2) is 4.84 Å². The minimum atomic E-state index is 0.432. The summed E-state index contributed by atoms with van der Waals surface area (Å²) in [6.45, 7) is 5.57. The van der Waals surface area contributed by atoms with E-state index in [0.29, 0.717) is 15.6 Å². The van der Waals surface area contributed by atoms with Gasteiger partial charge in [-0.05, 0) is 18.6 Å². The van der Waals surface area contributed by atoms with Crippen molar-refractivity contribution in [3.05, 3.63) is 34.3 Å². The van der Waals surface area contributed by atoms with E-state index in [1.54, 1.807) is 6.07 Å². The summed E-state index contributed by atoms with van der Waals surface area (Å²) >= 11 is 6.15. The number of halogens is 1. The van der Waals surface area contributed by atoms with E-state index in [9.17, 15) is 4.91 Å². The molecule has 0 N–H and O–H groups in total. The molecule has 7 heteroatoms. The number of hydrogen-bond donors (Lipinski definition) is 0. The molecule has 0 amide bonds. The van der Waals surface area contributed by atoms with Crippen molar-refractivity contribution in [1.82, 2.24) is 9.47 Å². The fourth-order valence-corrected chi connectivity index (χ4v) is 3.18. The third kappa shape index (κ3) is 3.65. The lowest BCUT2D eigenvalue weighted by atomic mass is 10.2. The van der Waals surface area contributed by atoms with Crippen molar-refractivity contribution in [2.24, 2.45) is 0 Å². The first kappa shape index (κ1) is 16.2. The molecular formula is C16H21ClN3O3+. The van der Waals surface area contributed by atoms with Crippen LogP contribution >= 0.6 is 11.6 Å². The third-order valence-corrected chi connectivity index (χ3v) is 4.39. The highest BCUT2D eigenvalue weighted by atomic mass is 35.5. The lowest BCUT2D eigenvalue weighted by Crippen LogP contribution is -2.37. The number of aryl methyl sites for hydroxylation is 1. The largest absolute Gasteiger partial charge is 0.379 e. The Bertz CT molecular complexity index is 695. The Morgan fingerprint density at radius 2 is 2.09 bits per heavy atom. The number of benzene rings is 1. The summed E-state index contributed by atoms with van der Waals surface area (Å²) in [4.78, 5) is 19.5. The van der Waals surface area contributed by atoms with Crippen LogP contribution < -0.4 is 0 Å². The van der Waals surface area contributed by atoms with Crippen LogP contribution in [0.4, 0.5) is 5.69 Å². The molecule has 0 atom stereocenters. The summed E-state index contributed by atoms with van der Waals surface area (Å²) in [6.07, 6.45) is 3.03. The van der Waals surface area contributed by atoms with Crippen molar-refractivity contribution in [2.45, 2.75) is 13.0 Å². The molecule has 1 aliphatic rings.